The Labute approximate surface area is 202 Å². The first-order valence-corrected chi connectivity index (χ1v) is 12.1. The standard InChI is InChI=1S/C28H36N2O4/c1-6-7-16-33-17-8-15-30-27(31)25(24-14-9-20(4)18-21(24)5)26(28(30)32)29-22-10-12-23(13-11-22)34-19(2)3/h9-14,18-19,29H,6-8,15-17H2,1-5H3. The number of carbonyl (C=O) groups excluding carboxylic acids is 2. The minimum atomic E-state index is -0.309. The van der Waals surface area contributed by atoms with E-state index in [1.807, 2.05) is 70.2 Å². The third kappa shape index (κ3) is 6.26. The zero-order valence-electron chi connectivity index (χ0n) is 20.9. The van der Waals surface area contributed by atoms with E-state index in [0.29, 0.717) is 37.4 Å². The number of hydrogen-bond acceptors (Lipinski definition) is 5. The number of carbonyl (C=O) groups is 2. The topological polar surface area (TPSA) is 67.9 Å². The lowest BCUT2D eigenvalue weighted by atomic mass is 9.97. The quantitative estimate of drug-likeness (QED) is 0.332. The number of rotatable bonds is 12. The number of amides is 2. The van der Waals surface area contributed by atoms with Crippen molar-refractivity contribution in [2.75, 3.05) is 25.1 Å². The molecule has 2 amide bonds. The first-order chi connectivity index (χ1) is 16.3. The summed E-state index contributed by atoms with van der Waals surface area (Å²) in [5.74, 6) is 0.173. The first kappa shape index (κ1) is 25.5. The molecule has 0 radical (unpaired) electrons. The number of benzene rings is 2. The van der Waals surface area contributed by atoms with Crippen molar-refractivity contribution in [1.82, 2.24) is 4.90 Å². The largest absolute Gasteiger partial charge is 0.491 e. The first-order valence-electron chi connectivity index (χ1n) is 12.1. The highest BCUT2D eigenvalue weighted by Gasteiger charge is 2.39. The molecule has 0 fully saturated rings. The smallest absolute Gasteiger partial charge is 0.278 e. The van der Waals surface area contributed by atoms with Gasteiger partial charge in [0.05, 0.1) is 11.7 Å². The summed E-state index contributed by atoms with van der Waals surface area (Å²) in [5.41, 5.74) is 4.28. The average Bonchev–Trinajstić information content (AvgIpc) is 3.01. The van der Waals surface area contributed by atoms with Gasteiger partial charge in [0.15, 0.2) is 0 Å². The van der Waals surface area contributed by atoms with Crippen molar-refractivity contribution in [3.05, 3.63) is 64.9 Å². The van der Waals surface area contributed by atoms with Crippen LogP contribution in [-0.2, 0) is 14.3 Å². The van der Waals surface area contributed by atoms with Crippen molar-refractivity contribution >= 4 is 23.1 Å². The predicted octanol–water partition coefficient (Wildman–Crippen LogP) is 5.49. The van der Waals surface area contributed by atoms with E-state index in [1.165, 1.54) is 4.90 Å². The highest BCUT2D eigenvalue weighted by atomic mass is 16.5. The van der Waals surface area contributed by atoms with E-state index in [1.54, 1.807) is 0 Å². The molecule has 1 heterocycles. The Kier molecular flexibility index (Phi) is 8.88. The molecule has 6 nitrogen and oxygen atoms in total. The van der Waals surface area contributed by atoms with Crippen molar-refractivity contribution in [2.45, 2.75) is 60.0 Å². The van der Waals surface area contributed by atoms with Crippen molar-refractivity contribution < 1.29 is 19.1 Å². The van der Waals surface area contributed by atoms with Crippen LogP contribution in [0.2, 0.25) is 0 Å². The van der Waals surface area contributed by atoms with Gasteiger partial charge < -0.3 is 14.8 Å². The Bertz CT molecular complexity index is 1040. The summed E-state index contributed by atoms with van der Waals surface area (Å²) in [6.07, 6.45) is 2.77. The molecule has 0 saturated heterocycles. The van der Waals surface area contributed by atoms with Crippen LogP contribution in [0.15, 0.2) is 48.2 Å². The normalized spacial score (nSPS) is 13.9. The van der Waals surface area contributed by atoms with Crippen LogP contribution in [0.3, 0.4) is 0 Å². The molecule has 1 aliphatic rings. The SMILES string of the molecule is CCCCOCCCN1C(=O)C(Nc2ccc(OC(C)C)cc2)=C(c2ccc(C)cc2C)C1=O. The second kappa shape index (κ2) is 11.8. The van der Waals surface area contributed by atoms with Crippen molar-refractivity contribution in [3.8, 4) is 5.75 Å². The second-order valence-electron chi connectivity index (χ2n) is 8.97. The number of nitrogens with one attached hydrogen (secondary N) is 1. The average molecular weight is 465 g/mol. The number of aryl methyl sites for hydroxylation is 2. The maximum absolute atomic E-state index is 13.4. The lowest BCUT2D eigenvalue weighted by molar-refractivity contribution is -0.137. The van der Waals surface area contributed by atoms with Gasteiger partial charge in [-0.05, 0) is 75.9 Å². The number of nitrogens with zero attached hydrogens (tertiary/aromatic N) is 1. The Morgan fingerprint density at radius 1 is 0.941 bits per heavy atom. The zero-order chi connectivity index (χ0) is 24.7. The van der Waals surface area contributed by atoms with Gasteiger partial charge >= 0.3 is 0 Å². The summed E-state index contributed by atoms with van der Waals surface area (Å²) < 4.78 is 11.3. The minimum absolute atomic E-state index is 0.0752. The molecule has 0 unspecified atom stereocenters. The molecule has 0 spiro atoms. The fourth-order valence-electron chi connectivity index (χ4n) is 3.95. The van der Waals surface area contributed by atoms with E-state index < -0.39 is 0 Å². The van der Waals surface area contributed by atoms with Gasteiger partial charge in [0.1, 0.15) is 11.4 Å². The fourth-order valence-corrected chi connectivity index (χ4v) is 3.95. The summed E-state index contributed by atoms with van der Waals surface area (Å²) >= 11 is 0. The minimum Gasteiger partial charge on any atom is -0.491 e. The van der Waals surface area contributed by atoms with E-state index in [-0.39, 0.29) is 17.9 Å². The molecule has 2 aromatic rings. The van der Waals surface area contributed by atoms with Crippen LogP contribution in [0.5, 0.6) is 5.75 Å². The van der Waals surface area contributed by atoms with Crippen LogP contribution in [0.25, 0.3) is 5.57 Å². The molecule has 1 aliphatic heterocycles. The van der Waals surface area contributed by atoms with E-state index in [0.717, 1.165) is 41.0 Å². The van der Waals surface area contributed by atoms with Crippen molar-refractivity contribution in [3.63, 3.8) is 0 Å². The molecule has 1 N–H and O–H groups in total. The summed E-state index contributed by atoms with van der Waals surface area (Å²) in [4.78, 5) is 28.2. The lowest BCUT2D eigenvalue weighted by Gasteiger charge is -2.15. The molecule has 2 aromatic carbocycles. The predicted molar refractivity (Wildman–Crippen MR) is 136 cm³/mol. The van der Waals surface area contributed by atoms with Crippen molar-refractivity contribution in [1.29, 1.82) is 0 Å². The molecule has 0 aliphatic carbocycles. The summed E-state index contributed by atoms with van der Waals surface area (Å²) in [5, 5.41) is 3.22. The molecule has 182 valence electrons. The number of hydrogen-bond donors (Lipinski definition) is 1. The number of anilines is 1. The van der Waals surface area contributed by atoms with E-state index in [2.05, 4.69) is 12.2 Å². The number of imide groups is 1. The molecule has 6 heteroatoms. The molecular formula is C28H36N2O4. The Balaban J connectivity index is 1.85. The molecule has 0 saturated carbocycles. The molecule has 0 bridgehead atoms. The summed E-state index contributed by atoms with van der Waals surface area (Å²) in [7, 11) is 0. The summed E-state index contributed by atoms with van der Waals surface area (Å²) in [6, 6.07) is 13.3. The van der Waals surface area contributed by atoms with Crippen molar-refractivity contribution in [2.24, 2.45) is 0 Å². The van der Waals surface area contributed by atoms with Gasteiger partial charge in [-0.1, -0.05) is 37.1 Å². The maximum atomic E-state index is 13.4. The zero-order valence-corrected chi connectivity index (χ0v) is 20.9. The molecular weight excluding hydrogens is 428 g/mol. The monoisotopic (exact) mass is 464 g/mol. The summed E-state index contributed by atoms with van der Waals surface area (Å²) in [6.45, 7) is 11.6. The molecule has 0 atom stereocenters. The Hall–Kier alpha value is -3.12. The Morgan fingerprint density at radius 2 is 1.65 bits per heavy atom. The van der Waals surface area contributed by atoms with E-state index >= 15 is 0 Å². The lowest BCUT2D eigenvalue weighted by Crippen LogP contribution is -2.34. The van der Waals surface area contributed by atoms with Gasteiger partial charge in [-0.2, -0.15) is 0 Å². The molecule has 3 rings (SSSR count). The highest BCUT2D eigenvalue weighted by Crippen LogP contribution is 2.33. The highest BCUT2D eigenvalue weighted by molar-refractivity contribution is 6.36. The second-order valence-corrected chi connectivity index (χ2v) is 8.97. The Morgan fingerprint density at radius 3 is 2.29 bits per heavy atom. The van der Waals surface area contributed by atoms with E-state index in [4.69, 9.17) is 9.47 Å². The van der Waals surface area contributed by atoms with Gasteiger partial charge in [0, 0.05) is 25.4 Å². The fraction of sp³-hybridized carbons (Fsp3) is 0.429. The molecule has 34 heavy (non-hydrogen) atoms. The van der Waals surface area contributed by atoms with Crippen LogP contribution in [0, 0.1) is 13.8 Å². The van der Waals surface area contributed by atoms with Gasteiger partial charge in [0.2, 0.25) is 0 Å². The van der Waals surface area contributed by atoms with Crippen LogP contribution < -0.4 is 10.1 Å². The van der Waals surface area contributed by atoms with Crippen LogP contribution in [0.4, 0.5) is 5.69 Å². The van der Waals surface area contributed by atoms with E-state index in [9.17, 15) is 9.59 Å². The van der Waals surface area contributed by atoms with Gasteiger partial charge in [-0.3, -0.25) is 14.5 Å². The third-order valence-corrected chi connectivity index (χ3v) is 5.63. The number of unbranched alkanes of at least 4 members (excludes halogenated alkanes) is 1. The number of ether oxygens (including phenoxy) is 2. The van der Waals surface area contributed by atoms with Gasteiger partial charge in [-0.15, -0.1) is 0 Å². The van der Waals surface area contributed by atoms with Gasteiger partial charge in [-0.25, -0.2) is 0 Å². The van der Waals surface area contributed by atoms with Crippen LogP contribution >= 0.6 is 0 Å². The van der Waals surface area contributed by atoms with Crippen LogP contribution in [-0.4, -0.2) is 42.6 Å². The third-order valence-electron chi connectivity index (χ3n) is 5.63. The van der Waals surface area contributed by atoms with Gasteiger partial charge in [0.25, 0.3) is 11.8 Å². The van der Waals surface area contributed by atoms with Crippen LogP contribution in [0.1, 0.15) is 56.7 Å². The molecule has 0 aromatic heterocycles. The maximum Gasteiger partial charge on any atom is 0.278 e.